The predicted octanol–water partition coefficient (Wildman–Crippen LogP) is 3.23. The van der Waals surface area contributed by atoms with Crippen molar-refractivity contribution in [3.05, 3.63) is 34.3 Å². The minimum absolute atomic E-state index is 0.0528. The van der Waals surface area contributed by atoms with Crippen molar-refractivity contribution < 1.29 is 8.78 Å². The number of hydrogen-bond donors (Lipinski definition) is 1. The van der Waals surface area contributed by atoms with Crippen LogP contribution in [-0.4, -0.2) is 0 Å². The first-order valence-corrected chi connectivity index (χ1v) is 4.78. The van der Waals surface area contributed by atoms with E-state index in [4.69, 9.17) is 17.3 Å². The molecule has 1 aromatic carbocycles. The van der Waals surface area contributed by atoms with Crippen LogP contribution in [0.2, 0.25) is 5.02 Å². The Labute approximate surface area is 85.9 Å². The van der Waals surface area contributed by atoms with Crippen molar-refractivity contribution >= 4 is 11.6 Å². The molecule has 0 aromatic heterocycles. The lowest BCUT2D eigenvalue weighted by Crippen LogP contribution is -2.19. The van der Waals surface area contributed by atoms with E-state index in [-0.39, 0.29) is 11.1 Å². The largest absolute Gasteiger partial charge is 0.321 e. The summed E-state index contributed by atoms with van der Waals surface area (Å²) in [5.41, 5.74) is 6.29. The predicted molar refractivity (Wildman–Crippen MR) is 51.5 cm³/mol. The van der Waals surface area contributed by atoms with E-state index in [1.165, 1.54) is 12.1 Å². The molecule has 0 radical (unpaired) electrons. The number of benzene rings is 1. The first kappa shape index (κ1) is 9.87. The summed E-state index contributed by atoms with van der Waals surface area (Å²) in [6.07, 6.45) is -0.726. The van der Waals surface area contributed by atoms with Crippen LogP contribution in [0.4, 0.5) is 8.78 Å². The molecule has 0 amide bonds. The highest BCUT2D eigenvalue weighted by atomic mass is 35.5. The van der Waals surface area contributed by atoms with Crippen LogP contribution in [0.3, 0.4) is 0 Å². The van der Waals surface area contributed by atoms with E-state index in [2.05, 4.69) is 0 Å². The zero-order chi connectivity index (χ0) is 10.3. The quantitative estimate of drug-likeness (QED) is 0.809. The van der Waals surface area contributed by atoms with E-state index in [1.807, 2.05) is 0 Å². The van der Waals surface area contributed by atoms with Gasteiger partial charge in [0.05, 0.1) is 0 Å². The molecule has 1 fully saturated rings. The lowest BCUT2D eigenvalue weighted by atomic mass is 10.0. The standard InChI is InChI=1S/C10H10ClF2N/c11-8-5-6(9(12)13)1-2-7(8)10(14)3-4-10/h1-2,5,9H,3-4,14H2. The minimum Gasteiger partial charge on any atom is -0.321 e. The highest BCUT2D eigenvalue weighted by Gasteiger charge is 2.41. The van der Waals surface area contributed by atoms with E-state index in [0.717, 1.165) is 18.4 Å². The number of hydrogen-bond acceptors (Lipinski definition) is 1. The zero-order valence-corrected chi connectivity index (χ0v) is 8.19. The van der Waals surface area contributed by atoms with Crippen LogP contribution < -0.4 is 5.73 Å². The Bertz CT molecular complexity index is 361. The molecule has 2 rings (SSSR count). The molecule has 1 aliphatic carbocycles. The molecule has 0 spiro atoms. The van der Waals surface area contributed by atoms with Crippen LogP contribution in [-0.2, 0) is 5.54 Å². The van der Waals surface area contributed by atoms with Gasteiger partial charge in [0, 0.05) is 16.1 Å². The topological polar surface area (TPSA) is 26.0 Å². The van der Waals surface area contributed by atoms with Gasteiger partial charge in [-0.05, 0) is 24.5 Å². The van der Waals surface area contributed by atoms with Gasteiger partial charge in [-0.3, -0.25) is 0 Å². The van der Waals surface area contributed by atoms with Crippen molar-refractivity contribution in [3.8, 4) is 0 Å². The second-order valence-electron chi connectivity index (χ2n) is 3.70. The monoisotopic (exact) mass is 217 g/mol. The Hall–Kier alpha value is -0.670. The molecule has 1 nitrogen and oxygen atoms in total. The summed E-state index contributed by atoms with van der Waals surface area (Å²) in [5.74, 6) is 0. The number of alkyl halides is 2. The van der Waals surface area contributed by atoms with Gasteiger partial charge in [0.1, 0.15) is 0 Å². The van der Waals surface area contributed by atoms with Crippen molar-refractivity contribution in [3.63, 3.8) is 0 Å². The summed E-state index contributed by atoms with van der Waals surface area (Å²) in [6, 6.07) is 4.30. The number of nitrogens with two attached hydrogens (primary N) is 1. The molecule has 76 valence electrons. The number of rotatable bonds is 2. The van der Waals surface area contributed by atoms with Crippen molar-refractivity contribution in [1.82, 2.24) is 0 Å². The third-order valence-corrected chi connectivity index (χ3v) is 2.88. The average Bonchev–Trinajstić information content (AvgIpc) is 2.84. The fourth-order valence-electron chi connectivity index (χ4n) is 1.47. The van der Waals surface area contributed by atoms with Gasteiger partial charge in [0.15, 0.2) is 0 Å². The summed E-state index contributed by atoms with van der Waals surface area (Å²) in [6.45, 7) is 0. The third kappa shape index (κ3) is 1.62. The lowest BCUT2D eigenvalue weighted by Gasteiger charge is -2.12. The van der Waals surface area contributed by atoms with Crippen molar-refractivity contribution in [2.24, 2.45) is 5.73 Å². The van der Waals surface area contributed by atoms with Crippen molar-refractivity contribution in [1.29, 1.82) is 0 Å². The molecule has 0 heterocycles. The molecule has 2 N–H and O–H groups in total. The van der Waals surface area contributed by atoms with Crippen molar-refractivity contribution in [2.45, 2.75) is 24.8 Å². The molecule has 0 atom stereocenters. The molecule has 0 bridgehead atoms. The van der Waals surface area contributed by atoms with E-state index in [9.17, 15) is 8.78 Å². The van der Waals surface area contributed by atoms with Crippen LogP contribution in [0.25, 0.3) is 0 Å². The molecule has 0 aliphatic heterocycles. The Kier molecular flexibility index (Phi) is 2.24. The summed E-state index contributed by atoms with van der Waals surface area (Å²) < 4.78 is 24.6. The molecule has 0 unspecified atom stereocenters. The summed E-state index contributed by atoms with van der Waals surface area (Å²) >= 11 is 5.88. The Morgan fingerprint density at radius 2 is 2.00 bits per heavy atom. The maximum absolute atomic E-state index is 12.3. The van der Waals surface area contributed by atoms with Gasteiger partial charge in [0.25, 0.3) is 6.43 Å². The fourth-order valence-corrected chi connectivity index (χ4v) is 1.85. The molecule has 0 saturated heterocycles. The van der Waals surface area contributed by atoms with Gasteiger partial charge in [0.2, 0.25) is 0 Å². The maximum atomic E-state index is 12.3. The molecular formula is C10H10ClF2N. The molecule has 4 heteroatoms. The Morgan fingerprint density at radius 3 is 2.43 bits per heavy atom. The fraction of sp³-hybridized carbons (Fsp3) is 0.400. The smallest absolute Gasteiger partial charge is 0.263 e. The van der Waals surface area contributed by atoms with Gasteiger partial charge in [-0.2, -0.15) is 0 Å². The van der Waals surface area contributed by atoms with E-state index >= 15 is 0 Å². The summed E-state index contributed by atoms with van der Waals surface area (Å²) in [5, 5.41) is 0.350. The molecule has 14 heavy (non-hydrogen) atoms. The third-order valence-electron chi connectivity index (χ3n) is 2.57. The maximum Gasteiger partial charge on any atom is 0.263 e. The Balaban J connectivity index is 2.37. The Morgan fingerprint density at radius 1 is 1.36 bits per heavy atom. The minimum atomic E-state index is -2.48. The van der Waals surface area contributed by atoms with Gasteiger partial charge in [-0.1, -0.05) is 23.7 Å². The van der Waals surface area contributed by atoms with E-state index in [1.54, 1.807) is 6.07 Å². The van der Waals surface area contributed by atoms with Crippen molar-refractivity contribution in [2.75, 3.05) is 0 Å². The SMILES string of the molecule is NC1(c2ccc(C(F)F)cc2Cl)CC1. The molecule has 1 aliphatic rings. The molecule has 1 aromatic rings. The van der Waals surface area contributed by atoms with E-state index < -0.39 is 6.43 Å². The van der Waals surface area contributed by atoms with Crippen LogP contribution in [0.5, 0.6) is 0 Å². The zero-order valence-electron chi connectivity index (χ0n) is 7.43. The lowest BCUT2D eigenvalue weighted by molar-refractivity contribution is 0.151. The number of halogens is 3. The van der Waals surface area contributed by atoms with Gasteiger partial charge in [-0.15, -0.1) is 0 Å². The van der Waals surface area contributed by atoms with Gasteiger partial charge < -0.3 is 5.73 Å². The second-order valence-corrected chi connectivity index (χ2v) is 4.10. The second kappa shape index (κ2) is 3.17. The van der Waals surface area contributed by atoms with Crippen LogP contribution >= 0.6 is 11.6 Å². The molecule has 1 saturated carbocycles. The van der Waals surface area contributed by atoms with Crippen LogP contribution in [0.1, 0.15) is 30.4 Å². The first-order chi connectivity index (χ1) is 6.53. The normalized spacial score (nSPS) is 18.6. The highest BCUT2D eigenvalue weighted by molar-refractivity contribution is 6.31. The summed E-state index contributed by atoms with van der Waals surface area (Å²) in [7, 11) is 0. The highest BCUT2D eigenvalue weighted by Crippen LogP contribution is 2.45. The summed E-state index contributed by atoms with van der Waals surface area (Å²) in [4.78, 5) is 0. The average molecular weight is 218 g/mol. The first-order valence-electron chi connectivity index (χ1n) is 4.40. The van der Waals surface area contributed by atoms with Gasteiger partial charge in [-0.25, -0.2) is 8.78 Å². The van der Waals surface area contributed by atoms with Crippen LogP contribution in [0, 0.1) is 0 Å². The van der Waals surface area contributed by atoms with E-state index in [0.29, 0.717) is 5.02 Å². The van der Waals surface area contributed by atoms with Gasteiger partial charge >= 0.3 is 0 Å². The molecular weight excluding hydrogens is 208 g/mol. The van der Waals surface area contributed by atoms with Crippen LogP contribution in [0.15, 0.2) is 18.2 Å².